The number of hydrogen-bond acceptors (Lipinski definition) is 2. The number of aromatic nitrogens is 2. The van der Waals surface area contributed by atoms with Crippen LogP contribution in [0.15, 0.2) is 97.3 Å². The Kier molecular flexibility index (Phi) is 10.1. The van der Waals surface area contributed by atoms with Crippen LogP contribution in [0.4, 0.5) is 0 Å². The number of aryl methyl sites for hydroxylation is 2. The van der Waals surface area contributed by atoms with Crippen molar-refractivity contribution in [2.24, 2.45) is 0 Å². The average Bonchev–Trinajstić information content (AvgIpc) is 3.97. The highest BCUT2D eigenvalue weighted by atomic mass is 32.1. The number of rotatable bonds is 16. The third-order valence-electron chi connectivity index (χ3n) is 10.9. The third-order valence-corrected chi connectivity index (χ3v) is 13.1. The maximum absolute atomic E-state index is 2.39. The van der Waals surface area contributed by atoms with Crippen molar-refractivity contribution >= 4 is 76.8 Å². The molecular formula is C46H50N2S2. The highest BCUT2D eigenvalue weighted by Crippen LogP contribution is 2.39. The van der Waals surface area contributed by atoms with Gasteiger partial charge in [-0.25, -0.2) is 0 Å². The van der Waals surface area contributed by atoms with Crippen LogP contribution >= 0.6 is 22.7 Å². The molecule has 0 saturated heterocycles. The van der Waals surface area contributed by atoms with Gasteiger partial charge in [0.2, 0.25) is 0 Å². The van der Waals surface area contributed by atoms with Gasteiger partial charge in [-0.15, -0.1) is 22.7 Å². The molecular weight excluding hydrogens is 645 g/mol. The van der Waals surface area contributed by atoms with Crippen molar-refractivity contribution in [3.05, 3.63) is 107 Å². The van der Waals surface area contributed by atoms with Crippen LogP contribution in [0, 0.1) is 0 Å². The molecule has 8 aromatic rings. The zero-order valence-corrected chi connectivity index (χ0v) is 31.5. The van der Waals surface area contributed by atoms with E-state index in [1.165, 1.54) is 164 Å². The minimum atomic E-state index is 1.20. The Morgan fingerprint density at radius 2 is 0.720 bits per heavy atom. The van der Waals surface area contributed by atoms with E-state index in [0.29, 0.717) is 0 Å². The van der Waals surface area contributed by atoms with Gasteiger partial charge in [0.15, 0.2) is 0 Å². The van der Waals surface area contributed by atoms with Crippen molar-refractivity contribution in [2.45, 2.75) is 104 Å². The maximum Gasteiger partial charge on any atom is 0.0997 e. The normalized spacial score (nSPS) is 12.1. The van der Waals surface area contributed by atoms with Crippen LogP contribution in [0.2, 0.25) is 0 Å². The smallest absolute Gasteiger partial charge is 0.0997 e. The van der Waals surface area contributed by atoms with E-state index in [0.717, 1.165) is 0 Å². The Bertz CT molecular complexity index is 2210. The first-order valence-electron chi connectivity index (χ1n) is 19.3. The molecule has 0 radical (unpaired) electrons. The van der Waals surface area contributed by atoms with Gasteiger partial charge in [0.1, 0.15) is 0 Å². The molecule has 0 fully saturated rings. The Hall–Kier alpha value is -3.86. The van der Waals surface area contributed by atoms with Crippen LogP contribution in [-0.2, 0) is 12.8 Å². The molecule has 0 atom stereocenters. The molecule has 0 spiro atoms. The molecule has 0 aliphatic heterocycles. The zero-order valence-electron chi connectivity index (χ0n) is 29.8. The van der Waals surface area contributed by atoms with Crippen molar-refractivity contribution in [2.75, 3.05) is 0 Å². The number of hydrogen-bond donors (Lipinski definition) is 0. The Labute approximate surface area is 305 Å². The van der Waals surface area contributed by atoms with Crippen LogP contribution in [0.5, 0.6) is 0 Å². The van der Waals surface area contributed by atoms with Crippen molar-refractivity contribution in [3.63, 3.8) is 0 Å². The summed E-state index contributed by atoms with van der Waals surface area (Å²) < 4.78 is 4.78. The molecule has 0 amide bonds. The van der Waals surface area contributed by atoms with Crippen LogP contribution in [0.3, 0.4) is 0 Å². The maximum atomic E-state index is 2.39. The Balaban J connectivity index is 1.05. The molecule has 4 aromatic heterocycles. The first-order chi connectivity index (χ1) is 24.7. The second-order valence-electron chi connectivity index (χ2n) is 14.3. The molecule has 4 heterocycles. The van der Waals surface area contributed by atoms with E-state index >= 15 is 0 Å². The predicted octanol–water partition coefficient (Wildman–Crippen LogP) is 15.0. The van der Waals surface area contributed by atoms with E-state index < -0.39 is 0 Å². The monoisotopic (exact) mass is 694 g/mol. The predicted molar refractivity (Wildman–Crippen MR) is 223 cm³/mol. The Morgan fingerprint density at radius 3 is 1.14 bits per heavy atom. The summed E-state index contributed by atoms with van der Waals surface area (Å²) in [5.74, 6) is 0. The second-order valence-corrected chi connectivity index (χ2v) is 16.6. The lowest BCUT2D eigenvalue weighted by atomic mass is 9.94. The van der Waals surface area contributed by atoms with Crippen molar-refractivity contribution in [3.8, 4) is 10.0 Å². The van der Waals surface area contributed by atoms with Gasteiger partial charge < -0.3 is 9.13 Å². The van der Waals surface area contributed by atoms with Crippen molar-refractivity contribution in [1.29, 1.82) is 0 Å². The molecule has 0 unspecified atom stereocenters. The molecule has 50 heavy (non-hydrogen) atoms. The molecule has 0 saturated carbocycles. The summed E-state index contributed by atoms with van der Waals surface area (Å²) in [5, 5.41) is 13.3. The molecule has 0 aliphatic carbocycles. The number of thiophene rings is 2. The topological polar surface area (TPSA) is 9.86 Å². The van der Waals surface area contributed by atoms with Gasteiger partial charge in [0.05, 0.1) is 21.0 Å². The van der Waals surface area contributed by atoms with Gasteiger partial charge in [0.25, 0.3) is 0 Å². The van der Waals surface area contributed by atoms with Crippen LogP contribution < -0.4 is 0 Å². The molecule has 0 bridgehead atoms. The van der Waals surface area contributed by atoms with Crippen molar-refractivity contribution < 1.29 is 0 Å². The molecule has 4 heteroatoms. The fourth-order valence-corrected chi connectivity index (χ4v) is 10.2. The summed E-state index contributed by atoms with van der Waals surface area (Å²) in [6.45, 7) is 4.58. The minimum absolute atomic E-state index is 1.20. The quantitative estimate of drug-likeness (QED) is 0.0704. The summed E-state index contributed by atoms with van der Waals surface area (Å²) in [6.07, 6.45) is 23.1. The lowest BCUT2D eigenvalue weighted by Crippen LogP contribution is -1.89. The highest BCUT2D eigenvalue weighted by Gasteiger charge is 2.14. The minimum Gasteiger partial charge on any atom is -0.308 e. The number of benzene rings is 4. The van der Waals surface area contributed by atoms with Crippen LogP contribution in [0.25, 0.3) is 64.1 Å². The van der Waals surface area contributed by atoms with Gasteiger partial charge in [-0.1, -0.05) is 114 Å². The second kappa shape index (κ2) is 15.2. The van der Waals surface area contributed by atoms with Crippen LogP contribution in [0.1, 0.15) is 101 Å². The fraction of sp³-hybridized carbons (Fsp3) is 0.348. The first-order valence-corrected chi connectivity index (χ1v) is 20.9. The lowest BCUT2D eigenvalue weighted by Gasteiger charge is -2.11. The molecule has 256 valence electrons. The van der Waals surface area contributed by atoms with Crippen LogP contribution in [-0.4, -0.2) is 9.13 Å². The number of unbranched alkanes of at least 4 members (excludes halogenated alkanes) is 10. The molecule has 0 N–H and O–H groups in total. The largest absolute Gasteiger partial charge is 0.308 e. The first kappa shape index (κ1) is 33.3. The lowest BCUT2D eigenvalue weighted by molar-refractivity contribution is 0.609. The van der Waals surface area contributed by atoms with Crippen molar-refractivity contribution in [1.82, 2.24) is 9.13 Å². The van der Waals surface area contributed by atoms with E-state index in [9.17, 15) is 0 Å². The van der Waals surface area contributed by atoms with Gasteiger partial charge in [0, 0.05) is 32.9 Å². The van der Waals surface area contributed by atoms with E-state index in [1.807, 2.05) is 22.7 Å². The summed E-state index contributed by atoms with van der Waals surface area (Å²) in [6, 6.07) is 32.7. The summed E-state index contributed by atoms with van der Waals surface area (Å²) in [5.41, 5.74) is 2.58. The zero-order chi connectivity index (χ0) is 33.9. The third kappa shape index (κ3) is 6.53. The van der Waals surface area contributed by atoms with E-state index in [1.54, 1.807) is 0 Å². The number of nitrogens with zero attached hydrogens (tertiary/aromatic N) is 2. The summed E-state index contributed by atoms with van der Waals surface area (Å²) in [7, 11) is 0. The van der Waals surface area contributed by atoms with E-state index in [-0.39, 0.29) is 0 Å². The average molecular weight is 695 g/mol. The fourth-order valence-electron chi connectivity index (χ4n) is 8.09. The van der Waals surface area contributed by atoms with E-state index in [2.05, 4.69) is 120 Å². The molecule has 8 rings (SSSR count). The summed E-state index contributed by atoms with van der Waals surface area (Å²) in [4.78, 5) is 3.01. The Morgan fingerprint density at radius 1 is 0.360 bits per heavy atom. The van der Waals surface area contributed by atoms with Gasteiger partial charge in [-0.3, -0.25) is 0 Å². The summed E-state index contributed by atoms with van der Waals surface area (Å²) >= 11 is 3.91. The van der Waals surface area contributed by atoms with E-state index in [4.69, 9.17) is 0 Å². The van der Waals surface area contributed by atoms with Gasteiger partial charge in [-0.05, 0) is 107 Å². The molecule has 4 aromatic carbocycles. The standard InChI is InChI=1S/C46H50N2S2/c1-3-5-7-9-11-13-15-33-17-27-45(49-33)47-31-29-41-39-21-19-36-35(37(39)23-25-43(41)47)20-22-40-38(36)24-26-44-42(40)30-32-48(44)46-28-18-34(50-46)16-14-12-10-8-6-4-2/h17-32H,3-16H2,1-2H3. The molecule has 0 aliphatic rings. The number of fused-ring (bicyclic) bond motifs is 9. The molecule has 2 nitrogen and oxygen atoms in total. The SMILES string of the molecule is CCCCCCCCc1ccc(-n2ccc3c4ccc5c(ccc6c5ccc5c6ccn5-c5ccc(CCCCCCCC)s5)c4ccc32)s1. The van der Waals surface area contributed by atoms with Gasteiger partial charge in [-0.2, -0.15) is 0 Å². The van der Waals surface area contributed by atoms with Gasteiger partial charge >= 0.3 is 0 Å². The highest BCUT2D eigenvalue weighted by molar-refractivity contribution is 7.14.